The largest absolute Gasteiger partial charge is 0.508 e. The molecule has 23 heavy (non-hydrogen) atoms. The smallest absolute Gasteiger partial charge is 0.147 e. The van der Waals surface area contributed by atoms with Gasteiger partial charge in [0.15, 0.2) is 0 Å². The molecule has 0 unspecified atom stereocenters. The van der Waals surface area contributed by atoms with E-state index < -0.39 is 7.14 Å². The third kappa shape index (κ3) is 3.15. The van der Waals surface area contributed by atoms with Gasteiger partial charge in [-0.1, -0.05) is 60.7 Å². The summed E-state index contributed by atoms with van der Waals surface area (Å²) in [5.41, 5.74) is 6.97. The predicted octanol–water partition coefficient (Wildman–Crippen LogP) is 3.49. The fourth-order valence-electron chi connectivity index (χ4n) is 2.64. The van der Waals surface area contributed by atoms with E-state index >= 15 is 0 Å². The summed E-state index contributed by atoms with van der Waals surface area (Å²) in [4.78, 5) is 0. The average molecular weight is 323 g/mol. The van der Waals surface area contributed by atoms with Crippen LogP contribution >= 0.6 is 7.14 Å². The first kappa shape index (κ1) is 15.4. The Labute approximate surface area is 135 Å². The van der Waals surface area contributed by atoms with Crippen molar-refractivity contribution in [1.29, 1.82) is 0 Å². The Morgan fingerprint density at radius 3 is 1.87 bits per heavy atom. The van der Waals surface area contributed by atoms with Crippen molar-refractivity contribution in [3.05, 3.63) is 84.4 Å². The van der Waals surface area contributed by atoms with E-state index in [-0.39, 0.29) is 11.9 Å². The van der Waals surface area contributed by atoms with E-state index in [1.807, 2.05) is 60.7 Å². The third-order valence-corrected chi connectivity index (χ3v) is 6.89. The Morgan fingerprint density at radius 1 is 0.826 bits per heavy atom. The molecule has 0 saturated heterocycles. The first-order chi connectivity index (χ1) is 11.1. The molecule has 116 valence electrons. The summed E-state index contributed by atoms with van der Waals surface area (Å²) >= 11 is 0. The number of nitrogens with two attached hydrogens (primary N) is 1. The van der Waals surface area contributed by atoms with E-state index in [4.69, 9.17) is 5.73 Å². The Hall–Kier alpha value is -2.51. The summed E-state index contributed by atoms with van der Waals surface area (Å²) in [6.07, 6.45) is 0.234. The van der Waals surface area contributed by atoms with E-state index in [2.05, 4.69) is 0 Å². The molecule has 0 bridgehead atoms. The van der Waals surface area contributed by atoms with Gasteiger partial charge in [0.2, 0.25) is 0 Å². The standard InChI is InChI=1S/C19H18NO2P/c20-16-11-12-19(21)15(13-16)14-23(22,17-7-3-1-4-8-17)18-9-5-2-6-10-18/h1-13,21H,14,20H2. The van der Waals surface area contributed by atoms with Gasteiger partial charge in [0.1, 0.15) is 12.9 Å². The van der Waals surface area contributed by atoms with E-state index in [0.29, 0.717) is 11.3 Å². The molecule has 3 N–H and O–H groups in total. The second-order valence-corrected chi connectivity index (χ2v) is 8.29. The van der Waals surface area contributed by atoms with Gasteiger partial charge in [-0.15, -0.1) is 0 Å². The minimum Gasteiger partial charge on any atom is -0.508 e. The first-order valence-electron chi connectivity index (χ1n) is 7.37. The van der Waals surface area contributed by atoms with Gasteiger partial charge in [-0.05, 0) is 18.2 Å². The molecule has 0 atom stereocenters. The van der Waals surface area contributed by atoms with Crippen LogP contribution in [0.5, 0.6) is 5.75 Å². The SMILES string of the molecule is Nc1ccc(O)c(CP(=O)(c2ccccc2)c2ccccc2)c1. The van der Waals surface area contributed by atoms with E-state index in [1.165, 1.54) is 0 Å². The van der Waals surface area contributed by atoms with Crippen LogP contribution in [0.4, 0.5) is 5.69 Å². The van der Waals surface area contributed by atoms with E-state index in [9.17, 15) is 9.67 Å². The lowest BCUT2D eigenvalue weighted by Gasteiger charge is -2.20. The minimum atomic E-state index is -2.91. The zero-order valence-corrected chi connectivity index (χ0v) is 13.5. The highest BCUT2D eigenvalue weighted by atomic mass is 31.2. The van der Waals surface area contributed by atoms with Crippen LogP contribution in [-0.2, 0) is 10.7 Å². The molecule has 0 radical (unpaired) electrons. The van der Waals surface area contributed by atoms with Crippen LogP contribution in [0.2, 0.25) is 0 Å². The summed E-state index contributed by atoms with van der Waals surface area (Å²) in [6.45, 7) is 0. The number of anilines is 1. The highest BCUT2D eigenvalue weighted by Gasteiger charge is 2.28. The van der Waals surface area contributed by atoms with Crippen molar-refractivity contribution in [3.8, 4) is 5.75 Å². The average Bonchev–Trinajstić information content (AvgIpc) is 2.59. The number of benzene rings is 3. The van der Waals surface area contributed by atoms with Crippen molar-refractivity contribution in [2.75, 3.05) is 5.73 Å². The maximum absolute atomic E-state index is 13.9. The molecule has 0 aliphatic heterocycles. The Kier molecular flexibility index (Phi) is 4.22. The zero-order valence-electron chi connectivity index (χ0n) is 12.6. The van der Waals surface area contributed by atoms with Crippen LogP contribution in [0.3, 0.4) is 0 Å². The van der Waals surface area contributed by atoms with Crippen LogP contribution in [0.25, 0.3) is 0 Å². The molecule has 3 aromatic carbocycles. The van der Waals surface area contributed by atoms with Crippen LogP contribution in [-0.4, -0.2) is 5.11 Å². The van der Waals surface area contributed by atoms with Crippen molar-refractivity contribution in [1.82, 2.24) is 0 Å². The molecule has 0 aliphatic carbocycles. The lowest BCUT2D eigenvalue weighted by molar-refractivity contribution is 0.470. The van der Waals surface area contributed by atoms with E-state index in [1.54, 1.807) is 18.2 Å². The van der Waals surface area contributed by atoms with Gasteiger partial charge >= 0.3 is 0 Å². The summed E-state index contributed by atoms with van der Waals surface area (Å²) in [5.74, 6) is 0.117. The fraction of sp³-hybridized carbons (Fsp3) is 0.0526. The number of phenolic OH excluding ortho intramolecular Hbond substituents is 1. The molecule has 0 spiro atoms. The van der Waals surface area contributed by atoms with Crippen LogP contribution in [0, 0.1) is 0 Å². The van der Waals surface area contributed by atoms with Crippen LogP contribution in [0.1, 0.15) is 5.56 Å². The molecule has 4 heteroatoms. The molecular formula is C19H18NO2P. The molecule has 0 aliphatic rings. The lowest BCUT2D eigenvalue weighted by atomic mass is 10.2. The maximum Gasteiger partial charge on any atom is 0.147 e. The fourth-order valence-corrected chi connectivity index (χ4v) is 5.35. The van der Waals surface area contributed by atoms with Gasteiger partial charge in [-0.3, -0.25) is 0 Å². The number of hydrogen-bond donors (Lipinski definition) is 2. The monoisotopic (exact) mass is 323 g/mol. The second-order valence-electron chi connectivity index (χ2n) is 5.46. The molecule has 3 nitrogen and oxygen atoms in total. The normalized spacial score (nSPS) is 11.3. The lowest BCUT2D eigenvalue weighted by Crippen LogP contribution is -2.17. The van der Waals surface area contributed by atoms with Crippen LogP contribution in [0.15, 0.2) is 78.9 Å². The van der Waals surface area contributed by atoms with E-state index in [0.717, 1.165) is 10.6 Å². The van der Waals surface area contributed by atoms with Gasteiger partial charge in [0.05, 0.1) is 0 Å². The van der Waals surface area contributed by atoms with Gasteiger partial charge in [0, 0.05) is 28.0 Å². The topological polar surface area (TPSA) is 63.3 Å². The number of phenols is 1. The number of aromatic hydroxyl groups is 1. The van der Waals surface area contributed by atoms with Gasteiger partial charge < -0.3 is 15.4 Å². The second kappa shape index (κ2) is 6.31. The highest BCUT2D eigenvalue weighted by Crippen LogP contribution is 2.48. The summed E-state index contributed by atoms with van der Waals surface area (Å²) < 4.78 is 13.9. The highest BCUT2D eigenvalue weighted by molar-refractivity contribution is 7.78. The quantitative estimate of drug-likeness (QED) is 0.439. The number of rotatable bonds is 4. The van der Waals surface area contributed by atoms with Gasteiger partial charge in [0.25, 0.3) is 0 Å². The Morgan fingerprint density at radius 2 is 1.35 bits per heavy atom. The molecule has 0 fully saturated rings. The van der Waals surface area contributed by atoms with Crippen molar-refractivity contribution in [3.63, 3.8) is 0 Å². The Bertz CT molecular complexity index is 804. The molecule has 3 aromatic rings. The summed E-state index contributed by atoms with van der Waals surface area (Å²) in [7, 11) is -2.91. The predicted molar refractivity (Wildman–Crippen MR) is 96.0 cm³/mol. The molecule has 3 rings (SSSR count). The van der Waals surface area contributed by atoms with Gasteiger partial charge in [-0.25, -0.2) is 0 Å². The molecule has 0 aromatic heterocycles. The van der Waals surface area contributed by atoms with Crippen molar-refractivity contribution >= 4 is 23.4 Å². The van der Waals surface area contributed by atoms with Crippen molar-refractivity contribution < 1.29 is 9.67 Å². The molecule has 0 saturated carbocycles. The molecule has 0 heterocycles. The van der Waals surface area contributed by atoms with Gasteiger partial charge in [-0.2, -0.15) is 0 Å². The van der Waals surface area contributed by atoms with Crippen molar-refractivity contribution in [2.24, 2.45) is 0 Å². The summed E-state index contributed by atoms with van der Waals surface area (Å²) in [5, 5.41) is 11.7. The zero-order chi connectivity index (χ0) is 16.3. The maximum atomic E-state index is 13.9. The number of hydrogen-bond acceptors (Lipinski definition) is 3. The minimum absolute atomic E-state index is 0.117. The number of nitrogen functional groups attached to an aromatic ring is 1. The Balaban J connectivity index is 2.14. The molecular weight excluding hydrogens is 305 g/mol. The molecule has 0 amide bonds. The van der Waals surface area contributed by atoms with Crippen molar-refractivity contribution in [2.45, 2.75) is 6.16 Å². The summed E-state index contributed by atoms with van der Waals surface area (Å²) in [6, 6.07) is 23.7. The first-order valence-corrected chi connectivity index (χ1v) is 9.26. The van der Waals surface area contributed by atoms with Crippen LogP contribution < -0.4 is 16.3 Å². The third-order valence-electron chi connectivity index (χ3n) is 3.84.